The average molecular weight is 592 g/mol. The van der Waals surface area contributed by atoms with Crippen LogP contribution in [-0.4, -0.2) is 66.0 Å². The van der Waals surface area contributed by atoms with Crippen molar-refractivity contribution in [2.45, 2.75) is 77.9 Å². The smallest absolute Gasteiger partial charge is 0.252 e. The lowest BCUT2D eigenvalue weighted by Gasteiger charge is -2.44. The molecule has 0 aromatic heterocycles. The van der Waals surface area contributed by atoms with E-state index in [1.54, 1.807) is 6.92 Å². The van der Waals surface area contributed by atoms with Gasteiger partial charge in [0, 0.05) is 50.6 Å². The Morgan fingerprint density at radius 3 is 2.36 bits per heavy atom. The molecule has 6 rings (SSSR count). The maximum absolute atomic E-state index is 14.5. The van der Waals surface area contributed by atoms with Gasteiger partial charge in [0.2, 0.25) is 5.91 Å². The molecule has 2 heterocycles. The highest BCUT2D eigenvalue weighted by atomic mass is 16.5. The van der Waals surface area contributed by atoms with Crippen molar-refractivity contribution in [3.8, 4) is 5.75 Å². The van der Waals surface area contributed by atoms with Gasteiger partial charge in [-0.25, -0.2) is 0 Å². The van der Waals surface area contributed by atoms with Crippen molar-refractivity contribution in [3.05, 3.63) is 106 Å². The zero-order valence-electron chi connectivity index (χ0n) is 26.6. The van der Waals surface area contributed by atoms with Gasteiger partial charge in [0.1, 0.15) is 5.75 Å². The van der Waals surface area contributed by atoms with Gasteiger partial charge in [-0.15, -0.1) is 0 Å². The molecule has 0 radical (unpaired) electrons. The van der Waals surface area contributed by atoms with Crippen LogP contribution in [0.3, 0.4) is 0 Å². The summed E-state index contributed by atoms with van der Waals surface area (Å²) >= 11 is 0. The number of ether oxygens (including phenoxy) is 1. The first-order valence-electron chi connectivity index (χ1n) is 16.2. The molecule has 44 heavy (non-hydrogen) atoms. The van der Waals surface area contributed by atoms with Gasteiger partial charge in [0.25, 0.3) is 5.91 Å². The Morgan fingerprint density at radius 1 is 0.932 bits per heavy atom. The maximum atomic E-state index is 14.5. The number of carbonyl (C=O) groups excluding carboxylic acids is 2. The number of aryl methyl sites for hydroxylation is 2. The minimum atomic E-state index is -0.166. The molecule has 1 saturated carbocycles. The molecule has 3 aromatic rings. The van der Waals surface area contributed by atoms with Gasteiger partial charge in [0.05, 0.1) is 12.6 Å². The number of carbonyl (C=O) groups is 2. The number of amides is 2. The molecule has 0 spiro atoms. The van der Waals surface area contributed by atoms with E-state index in [2.05, 4.69) is 91.7 Å². The molecule has 230 valence electrons. The second-order valence-electron chi connectivity index (χ2n) is 12.9. The lowest BCUT2D eigenvalue weighted by Crippen LogP contribution is -2.62. The molecular formula is C38H45N3O3. The molecular weight excluding hydrogens is 546 g/mol. The zero-order valence-corrected chi connectivity index (χ0v) is 26.6. The first-order chi connectivity index (χ1) is 21.3. The molecule has 1 saturated heterocycles. The summed E-state index contributed by atoms with van der Waals surface area (Å²) in [5.41, 5.74) is 9.19. The van der Waals surface area contributed by atoms with E-state index in [0.717, 1.165) is 54.6 Å². The summed E-state index contributed by atoms with van der Waals surface area (Å²) in [6.07, 6.45) is 4.49. The molecule has 6 heteroatoms. The van der Waals surface area contributed by atoms with Crippen molar-refractivity contribution in [2.75, 3.05) is 26.2 Å². The monoisotopic (exact) mass is 591 g/mol. The van der Waals surface area contributed by atoms with Gasteiger partial charge < -0.3 is 19.9 Å². The van der Waals surface area contributed by atoms with Crippen molar-refractivity contribution in [2.24, 2.45) is 0 Å². The number of nitrogens with zero attached hydrogens (tertiary/aromatic N) is 2. The molecule has 3 aromatic carbocycles. The molecule has 6 nitrogen and oxygen atoms in total. The molecule has 2 atom stereocenters. The van der Waals surface area contributed by atoms with Gasteiger partial charge in [-0.1, -0.05) is 60.7 Å². The Hall–Kier alpha value is -3.90. The van der Waals surface area contributed by atoms with Gasteiger partial charge >= 0.3 is 0 Å². The van der Waals surface area contributed by atoms with Crippen molar-refractivity contribution in [1.82, 2.24) is 15.1 Å². The SMILES string of the molecule is CC(=O)N1C[C@H]2CC(c3ccc(CCOc4cc(C)cc(C)c4C)cc3)=C(C(=O)N(CCc3ccccc3)C3CC3)[C@@H](C1)N2. The van der Waals surface area contributed by atoms with E-state index in [-0.39, 0.29) is 23.9 Å². The lowest BCUT2D eigenvalue weighted by molar-refractivity contribution is -0.132. The van der Waals surface area contributed by atoms with E-state index in [1.165, 1.54) is 27.8 Å². The summed E-state index contributed by atoms with van der Waals surface area (Å²) in [6, 6.07) is 23.7. The highest BCUT2D eigenvalue weighted by Gasteiger charge is 2.42. The van der Waals surface area contributed by atoms with E-state index in [9.17, 15) is 9.59 Å². The third-order valence-electron chi connectivity index (χ3n) is 9.53. The number of fused-ring (bicyclic) bond motifs is 2. The van der Waals surface area contributed by atoms with Crippen LogP contribution in [0.25, 0.3) is 5.57 Å². The fourth-order valence-corrected chi connectivity index (χ4v) is 6.81. The third kappa shape index (κ3) is 6.76. The number of rotatable bonds is 10. The predicted octanol–water partition coefficient (Wildman–Crippen LogP) is 5.81. The largest absolute Gasteiger partial charge is 0.493 e. The fourth-order valence-electron chi connectivity index (χ4n) is 6.81. The highest BCUT2D eigenvalue weighted by Crippen LogP contribution is 2.37. The van der Waals surface area contributed by atoms with Crippen molar-refractivity contribution in [3.63, 3.8) is 0 Å². The van der Waals surface area contributed by atoms with E-state index >= 15 is 0 Å². The Balaban J connectivity index is 1.24. The molecule has 0 unspecified atom stereocenters. The number of benzene rings is 3. The van der Waals surface area contributed by atoms with E-state index in [4.69, 9.17) is 4.74 Å². The van der Waals surface area contributed by atoms with E-state index < -0.39 is 0 Å². The van der Waals surface area contributed by atoms with Gasteiger partial charge in [-0.2, -0.15) is 0 Å². The van der Waals surface area contributed by atoms with Crippen molar-refractivity contribution < 1.29 is 14.3 Å². The molecule has 2 bridgehead atoms. The summed E-state index contributed by atoms with van der Waals surface area (Å²) in [7, 11) is 0. The number of hydrogen-bond acceptors (Lipinski definition) is 4. The normalized spacial score (nSPS) is 19.6. The van der Waals surface area contributed by atoms with Crippen LogP contribution in [-0.2, 0) is 22.4 Å². The topological polar surface area (TPSA) is 61.9 Å². The molecule has 2 aliphatic heterocycles. The second-order valence-corrected chi connectivity index (χ2v) is 12.9. The Labute approximate surface area is 262 Å². The molecule has 2 fully saturated rings. The average Bonchev–Trinajstić information content (AvgIpc) is 3.85. The minimum Gasteiger partial charge on any atom is -0.493 e. The molecule has 3 aliphatic rings. The molecule has 2 amide bonds. The lowest BCUT2D eigenvalue weighted by atomic mass is 9.82. The number of nitrogens with one attached hydrogen (secondary N) is 1. The van der Waals surface area contributed by atoms with Crippen LogP contribution >= 0.6 is 0 Å². The van der Waals surface area contributed by atoms with Crippen molar-refractivity contribution >= 4 is 17.4 Å². The van der Waals surface area contributed by atoms with Crippen LogP contribution in [0.1, 0.15) is 59.6 Å². The molecule has 1 N–H and O–H groups in total. The second kappa shape index (κ2) is 13.0. The van der Waals surface area contributed by atoms with Crippen LogP contribution in [0.5, 0.6) is 5.75 Å². The minimum absolute atomic E-state index is 0.0717. The Morgan fingerprint density at radius 2 is 1.66 bits per heavy atom. The molecule has 1 aliphatic carbocycles. The summed E-state index contributed by atoms with van der Waals surface area (Å²) in [5, 5.41) is 3.71. The van der Waals surface area contributed by atoms with Gasteiger partial charge in [-0.3, -0.25) is 9.59 Å². The van der Waals surface area contributed by atoms with Crippen molar-refractivity contribution in [1.29, 1.82) is 0 Å². The van der Waals surface area contributed by atoms with Gasteiger partial charge in [0.15, 0.2) is 0 Å². The standard InChI is InChI=1S/C38H45N3O3/c1-25-20-26(2)27(3)36(21-25)44-19-17-30-10-12-31(13-11-30)34-22-32-23-40(28(4)42)24-35(39-32)37(34)38(43)41(33-14-15-33)18-16-29-8-6-5-7-9-29/h5-13,20-21,32-33,35,39H,14-19,22-24H2,1-4H3/t32-,35-/m1/s1. The third-order valence-corrected chi connectivity index (χ3v) is 9.53. The first kappa shape index (κ1) is 30.1. The van der Waals surface area contributed by atoms with Crippen LogP contribution < -0.4 is 10.1 Å². The number of piperazine rings is 1. The highest BCUT2D eigenvalue weighted by molar-refractivity contribution is 6.03. The van der Waals surface area contributed by atoms with Crippen LogP contribution in [0, 0.1) is 20.8 Å². The van der Waals surface area contributed by atoms with E-state index in [1.807, 2.05) is 11.0 Å². The van der Waals surface area contributed by atoms with Crippen LogP contribution in [0.15, 0.2) is 72.3 Å². The zero-order chi connectivity index (χ0) is 30.8. The first-order valence-corrected chi connectivity index (χ1v) is 16.2. The summed E-state index contributed by atoms with van der Waals surface area (Å²) in [4.78, 5) is 30.9. The maximum Gasteiger partial charge on any atom is 0.252 e. The summed E-state index contributed by atoms with van der Waals surface area (Å²) in [6.45, 7) is 10.5. The summed E-state index contributed by atoms with van der Waals surface area (Å²) < 4.78 is 6.19. The fraction of sp³-hybridized carbons (Fsp3) is 0.421. The van der Waals surface area contributed by atoms with Gasteiger partial charge in [-0.05, 0) is 91.5 Å². The predicted molar refractivity (Wildman–Crippen MR) is 176 cm³/mol. The Bertz CT molecular complexity index is 1540. The van der Waals surface area contributed by atoms with Crippen LogP contribution in [0.4, 0.5) is 0 Å². The quantitative estimate of drug-likeness (QED) is 0.323. The van der Waals surface area contributed by atoms with Crippen LogP contribution in [0.2, 0.25) is 0 Å². The summed E-state index contributed by atoms with van der Waals surface area (Å²) in [5.74, 6) is 1.16. The van der Waals surface area contributed by atoms with E-state index in [0.29, 0.717) is 32.3 Å². The number of hydrogen-bond donors (Lipinski definition) is 1. The Kier molecular flexibility index (Phi) is 8.90.